The molecule has 0 aliphatic rings. The third kappa shape index (κ3) is 3.41. The first-order chi connectivity index (χ1) is 8.75. The van der Waals surface area contributed by atoms with Gasteiger partial charge in [0, 0.05) is 45.1 Å². The Morgan fingerprint density at radius 3 is 2.72 bits per heavy atom. The molecule has 0 aromatic carbocycles. The fourth-order valence-corrected chi connectivity index (χ4v) is 1.53. The fourth-order valence-electron chi connectivity index (χ4n) is 1.53. The van der Waals surface area contributed by atoms with E-state index in [1.54, 1.807) is 6.20 Å². The number of hydrogen-bond donors (Lipinski definition) is 1. The number of nitrogens with zero attached hydrogens (tertiary/aromatic N) is 4. The Morgan fingerprint density at radius 2 is 2.00 bits per heavy atom. The van der Waals surface area contributed by atoms with Crippen molar-refractivity contribution in [2.45, 2.75) is 6.42 Å². The summed E-state index contributed by atoms with van der Waals surface area (Å²) < 4.78 is 0. The van der Waals surface area contributed by atoms with Crippen LogP contribution in [0.15, 0.2) is 36.7 Å². The molecule has 0 saturated carbocycles. The Balaban J connectivity index is 1.89. The molecule has 94 valence electrons. The number of rotatable bonds is 5. The summed E-state index contributed by atoms with van der Waals surface area (Å²) in [5.74, 6) is 1.54. The van der Waals surface area contributed by atoms with Crippen molar-refractivity contribution in [1.29, 1.82) is 0 Å². The topological polar surface area (TPSA) is 53.9 Å². The second-order valence-electron chi connectivity index (χ2n) is 4.13. The van der Waals surface area contributed by atoms with Crippen LogP contribution in [0.3, 0.4) is 0 Å². The lowest BCUT2D eigenvalue weighted by Gasteiger charge is -2.11. The smallest absolute Gasteiger partial charge is 0.226 e. The first-order valence-electron chi connectivity index (χ1n) is 5.90. The molecule has 1 N–H and O–H groups in total. The highest BCUT2D eigenvalue weighted by molar-refractivity contribution is 5.40. The van der Waals surface area contributed by atoms with E-state index in [-0.39, 0.29) is 0 Å². The molecule has 0 radical (unpaired) electrons. The quantitative estimate of drug-likeness (QED) is 0.864. The third-order valence-corrected chi connectivity index (χ3v) is 2.46. The zero-order valence-electron chi connectivity index (χ0n) is 10.7. The van der Waals surface area contributed by atoms with E-state index in [0.717, 1.165) is 24.5 Å². The summed E-state index contributed by atoms with van der Waals surface area (Å²) in [5.41, 5.74) is 1.08. The van der Waals surface area contributed by atoms with Gasteiger partial charge in [-0.1, -0.05) is 6.07 Å². The van der Waals surface area contributed by atoms with E-state index in [1.165, 1.54) is 0 Å². The molecule has 2 aromatic rings. The lowest BCUT2D eigenvalue weighted by molar-refractivity contribution is 0.941. The minimum absolute atomic E-state index is 0.706. The Hall–Kier alpha value is -2.17. The summed E-state index contributed by atoms with van der Waals surface area (Å²) >= 11 is 0. The minimum atomic E-state index is 0.706. The van der Waals surface area contributed by atoms with E-state index in [9.17, 15) is 0 Å². The lowest BCUT2D eigenvalue weighted by Crippen LogP contribution is -2.14. The van der Waals surface area contributed by atoms with E-state index in [0.29, 0.717) is 5.95 Å². The summed E-state index contributed by atoms with van der Waals surface area (Å²) in [4.78, 5) is 14.7. The molecular formula is C13H17N5. The van der Waals surface area contributed by atoms with E-state index in [1.807, 2.05) is 49.5 Å². The molecule has 0 unspecified atom stereocenters. The van der Waals surface area contributed by atoms with Crippen LogP contribution in [0.1, 0.15) is 5.69 Å². The lowest BCUT2D eigenvalue weighted by atomic mass is 10.3. The van der Waals surface area contributed by atoms with Gasteiger partial charge < -0.3 is 10.2 Å². The summed E-state index contributed by atoms with van der Waals surface area (Å²) in [5, 5.41) is 3.27. The van der Waals surface area contributed by atoms with Crippen LogP contribution in [-0.4, -0.2) is 35.6 Å². The predicted molar refractivity (Wildman–Crippen MR) is 72.8 cm³/mol. The molecule has 0 saturated heterocycles. The SMILES string of the molecule is CN(C)c1nccc(NCCc2ccccn2)n1. The molecule has 18 heavy (non-hydrogen) atoms. The van der Waals surface area contributed by atoms with Crippen LogP contribution in [0.25, 0.3) is 0 Å². The average molecular weight is 243 g/mol. The first-order valence-corrected chi connectivity index (χ1v) is 5.90. The van der Waals surface area contributed by atoms with Crippen LogP contribution in [0, 0.1) is 0 Å². The molecule has 2 aromatic heterocycles. The standard InChI is InChI=1S/C13H17N5/c1-18(2)13-16-10-7-12(17-13)15-9-6-11-5-3-4-8-14-11/h3-5,7-8,10H,6,9H2,1-2H3,(H,15,16,17). The second-order valence-corrected chi connectivity index (χ2v) is 4.13. The van der Waals surface area contributed by atoms with Gasteiger partial charge in [0.05, 0.1) is 0 Å². The number of nitrogens with one attached hydrogen (secondary N) is 1. The highest BCUT2D eigenvalue weighted by Crippen LogP contribution is 2.07. The normalized spacial score (nSPS) is 10.1. The van der Waals surface area contributed by atoms with Crippen LogP contribution < -0.4 is 10.2 Å². The zero-order chi connectivity index (χ0) is 12.8. The van der Waals surface area contributed by atoms with Crippen molar-refractivity contribution in [1.82, 2.24) is 15.0 Å². The van der Waals surface area contributed by atoms with E-state index < -0.39 is 0 Å². The molecule has 0 aliphatic carbocycles. The Labute approximate surface area is 107 Å². The van der Waals surface area contributed by atoms with Crippen molar-refractivity contribution < 1.29 is 0 Å². The highest BCUT2D eigenvalue weighted by atomic mass is 15.2. The molecule has 5 nitrogen and oxygen atoms in total. The zero-order valence-corrected chi connectivity index (χ0v) is 10.7. The van der Waals surface area contributed by atoms with Crippen molar-refractivity contribution in [2.24, 2.45) is 0 Å². The van der Waals surface area contributed by atoms with Crippen LogP contribution in [-0.2, 0) is 6.42 Å². The average Bonchev–Trinajstić information content (AvgIpc) is 2.40. The Kier molecular flexibility index (Phi) is 4.06. The van der Waals surface area contributed by atoms with Crippen molar-refractivity contribution >= 4 is 11.8 Å². The van der Waals surface area contributed by atoms with Crippen LogP contribution in [0.4, 0.5) is 11.8 Å². The molecule has 0 amide bonds. The molecule has 2 heterocycles. The maximum Gasteiger partial charge on any atom is 0.226 e. The van der Waals surface area contributed by atoms with Gasteiger partial charge in [-0.2, -0.15) is 4.98 Å². The van der Waals surface area contributed by atoms with E-state index in [2.05, 4.69) is 20.3 Å². The van der Waals surface area contributed by atoms with Gasteiger partial charge in [0.15, 0.2) is 0 Å². The van der Waals surface area contributed by atoms with Gasteiger partial charge in [-0.25, -0.2) is 4.98 Å². The van der Waals surface area contributed by atoms with Crippen molar-refractivity contribution in [3.63, 3.8) is 0 Å². The Bertz CT molecular complexity index is 484. The minimum Gasteiger partial charge on any atom is -0.370 e. The van der Waals surface area contributed by atoms with Gasteiger partial charge in [-0.15, -0.1) is 0 Å². The highest BCUT2D eigenvalue weighted by Gasteiger charge is 2.00. The molecule has 0 bridgehead atoms. The second kappa shape index (κ2) is 5.95. The summed E-state index contributed by atoms with van der Waals surface area (Å²) in [6.45, 7) is 0.806. The predicted octanol–water partition coefficient (Wildman–Crippen LogP) is 1.59. The Morgan fingerprint density at radius 1 is 1.11 bits per heavy atom. The van der Waals surface area contributed by atoms with E-state index in [4.69, 9.17) is 0 Å². The van der Waals surface area contributed by atoms with Crippen molar-refractivity contribution in [3.05, 3.63) is 42.4 Å². The first kappa shape index (κ1) is 12.3. The monoisotopic (exact) mass is 243 g/mol. The van der Waals surface area contributed by atoms with Crippen LogP contribution in [0.2, 0.25) is 0 Å². The summed E-state index contributed by atoms with van der Waals surface area (Å²) in [7, 11) is 3.85. The number of aromatic nitrogens is 3. The van der Waals surface area contributed by atoms with Gasteiger partial charge in [-0.05, 0) is 18.2 Å². The van der Waals surface area contributed by atoms with E-state index >= 15 is 0 Å². The molecule has 2 rings (SSSR count). The van der Waals surface area contributed by atoms with Crippen LogP contribution in [0.5, 0.6) is 0 Å². The molecule has 0 aliphatic heterocycles. The summed E-state index contributed by atoms with van der Waals surface area (Å²) in [6.07, 6.45) is 4.44. The maximum atomic E-state index is 4.39. The van der Waals surface area contributed by atoms with Gasteiger partial charge in [-0.3, -0.25) is 4.98 Å². The van der Waals surface area contributed by atoms with Gasteiger partial charge in [0.1, 0.15) is 5.82 Å². The van der Waals surface area contributed by atoms with Crippen molar-refractivity contribution in [2.75, 3.05) is 30.9 Å². The molecule has 0 fully saturated rings. The molecule has 0 spiro atoms. The number of hydrogen-bond acceptors (Lipinski definition) is 5. The molecule has 0 atom stereocenters. The number of anilines is 2. The number of pyridine rings is 1. The summed E-state index contributed by atoms with van der Waals surface area (Å²) in [6, 6.07) is 7.81. The third-order valence-electron chi connectivity index (χ3n) is 2.46. The van der Waals surface area contributed by atoms with Gasteiger partial charge in [0.25, 0.3) is 0 Å². The largest absolute Gasteiger partial charge is 0.370 e. The maximum absolute atomic E-state index is 4.39. The van der Waals surface area contributed by atoms with Gasteiger partial charge >= 0.3 is 0 Å². The molecule has 5 heteroatoms. The fraction of sp³-hybridized carbons (Fsp3) is 0.308. The van der Waals surface area contributed by atoms with Crippen LogP contribution >= 0.6 is 0 Å². The van der Waals surface area contributed by atoms with Gasteiger partial charge in [0.2, 0.25) is 5.95 Å². The molecular weight excluding hydrogens is 226 g/mol. The van der Waals surface area contributed by atoms with Crippen molar-refractivity contribution in [3.8, 4) is 0 Å².